The van der Waals surface area contributed by atoms with Crippen molar-refractivity contribution in [3.05, 3.63) is 125 Å². The third kappa shape index (κ3) is 13.2. The highest BCUT2D eigenvalue weighted by atomic mass is 32.2. The van der Waals surface area contributed by atoms with Crippen LogP contribution in [0.3, 0.4) is 0 Å². The number of anilines is 2. The van der Waals surface area contributed by atoms with Crippen LogP contribution in [-0.4, -0.2) is 130 Å². The average molecular weight is 1210 g/mol. The van der Waals surface area contributed by atoms with Crippen LogP contribution in [0, 0.1) is 0 Å². The van der Waals surface area contributed by atoms with E-state index in [1.165, 1.54) is 48.5 Å². The summed E-state index contributed by atoms with van der Waals surface area (Å²) >= 11 is 0. The van der Waals surface area contributed by atoms with Gasteiger partial charge in [-0.1, -0.05) is 32.1 Å². The van der Waals surface area contributed by atoms with E-state index in [0.717, 1.165) is 12.1 Å². The number of carbonyl (C=O) groups excluding carboxylic acids is 1. The molecule has 79 heavy (non-hydrogen) atoms. The van der Waals surface area contributed by atoms with Crippen LogP contribution in [0.4, 0.5) is 17.1 Å². The van der Waals surface area contributed by atoms with Crippen molar-refractivity contribution in [3.63, 3.8) is 0 Å². The van der Waals surface area contributed by atoms with Gasteiger partial charge >= 0.3 is 5.97 Å². The van der Waals surface area contributed by atoms with Crippen LogP contribution in [0.2, 0.25) is 0 Å². The maximum Gasteiger partial charge on any atom is 0.335 e. The zero-order valence-electron chi connectivity index (χ0n) is 42.1. The number of nitrogens with zero attached hydrogens (tertiary/aromatic N) is 2. The molecule has 0 radical (unpaired) electrons. The number of fused-ring (bicyclic) bond motifs is 6. The highest BCUT2D eigenvalue weighted by molar-refractivity contribution is 7.87. The molecular formula is C49H52N3O21S6+. The van der Waals surface area contributed by atoms with Gasteiger partial charge in [0, 0.05) is 70.4 Å². The number of hydrogen-bond donors (Lipinski definition) is 8. The molecule has 2 aliphatic rings. The van der Waals surface area contributed by atoms with Crippen LogP contribution < -0.4 is 10.2 Å². The lowest BCUT2D eigenvalue weighted by atomic mass is 9.79. The molecule has 424 valence electrons. The van der Waals surface area contributed by atoms with Gasteiger partial charge in [-0.2, -0.15) is 55.1 Å². The Morgan fingerprint density at radius 1 is 0.620 bits per heavy atom. The van der Waals surface area contributed by atoms with Crippen LogP contribution in [0.15, 0.2) is 128 Å². The number of carboxylic acid groups (broad SMARTS) is 1. The minimum absolute atomic E-state index is 0.0508. The summed E-state index contributed by atoms with van der Waals surface area (Å²) in [7, 11) is -29.6. The molecule has 1 amide bonds. The Morgan fingerprint density at radius 2 is 1.14 bits per heavy atom. The fourth-order valence-electron chi connectivity index (χ4n) is 10.1. The van der Waals surface area contributed by atoms with Crippen LogP contribution >= 0.6 is 0 Å². The normalized spacial score (nSPS) is 16.6. The molecule has 0 atom stereocenters. The van der Waals surface area contributed by atoms with Gasteiger partial charge < -0.3 is 15.3 Å². The van der Waals surface area contributed by atoms with Crippen molar-refractivity contribution in [2.45, 2.75) is 83.8 Å². The number of hydrogen-bond acceptors (Lipinski definition) is 15. The van der Waals surface area contributed by atoms with E-state index in [4.69, 9.17) is 0 Å². The molecule has 0 spiro atoms. The number of carboxylic acids is 1. The van der Waals surface area contributed by atoms with E-state index in [2.05, 4.69) is 5.32 Å². The number of benzene rings is 5. The number of amides is 1. The van der Waals surface area contributed by atoms with Gasteiger partial charge in [0.1, 0.15) is 16.3 Å². The summed E-state index contributed by atoms with van der Waals surface area (Å²) in [4.78, 5) is 23.2. The summed E-state index contributed by atoms with van der Waals surface area (Å²) in [5.74, 6) is -3.23. The van der Waals surface area contributed by atoms with Gasteiger partial charge in [0.05, 0.1) is 32.3 Å². The van der Waals surface area contributed by atoms with Crippen LogP contribution in [0.5, 0.6) is 0 Å². The highest BCUT2D eigenvalue weighted by Gasteiger charge is 2.47. The topological polar surface area (TPSA) is 399 Å². The summed E-state index contributed by atoms with van der Waals surface area (Å²) in [5.41, 5.74) is -0.635. The zero-order chi connectivity index (χ0) is 58.8. The van der Waals surface area contributed by atoms with E-state index in [-0.39, 0.29) is 94.1 Å². The number of allylic oxidation sites excluding steroid dienone is 6. The molecule has 5 aromatic rings. The molecule has 0 aliphatic carbocycles. The molecule has 2 heterocycles. The van der Waals surface area contributed by atoms with E-state index in [1.54, 1.807) is 61.5 Å². The van der Waals surface area contributed by atoms with Crippen molar-refractivity contribution < 1.29 is 97.1 Å². The molecule has 5 aromatic carbocycles. The van der Waals surface area contributed by atoms with Gasteiger partial charge in [-0.3, -0.25) is 32.1 Å². The van der Waals surface area contributed by atoms with Crippen molar-refractivity contribution >= 4 is 117 Å². The number of nitrogens with one attached hydrogen (secondary N) is 1. The van der Waals surface area contributed by atoms with Crippen molar-refractivity contribution in [2.24, 2.45) is 0 Å². The second-order valence-electron chi connectivity index (χ2n) is 19.6. The summed E-state index contributed by atoms with van der Waals surface area (Å²) in [6.07, 6.45) is 5.41. The number of carbonyl (C=O) groups is 2. The quantitative estimate of drug-likeness (QED) is 0.0244. The zero-order valence-corrected chi connectivity index (χ0v) is 47.0. The smallest absolute Gasteiger partial charge is 0.335 e. The first-order chi connectivity index (χ1) is 36.2. The Kier molecular flexibility index (Phi) is 16.3. The summed E-state index contributed by atoms with van der Waals surface area (Å²) in [5, 5.41) is 11.6. The summed E-state index contributed by atoms with van der Waals surface area (Å²) < 4.78 is 211. The Balaban J connectivity index is 1.45. The molecule has 30 heteroatoms. The monoisotopic (exact) mass is 1210 g/mol. The Labute approximate surface area is 455 Å². The maximum absolute atomic E-state index is 13.6. The molecule has 0 saturated carbocycles. The molecular weight excluding hydrogens is 1160 g/mol. The predicted molar refractivity (Wildman–Crippen MR) is 289 cm³/mol. The first-order valence-electron chi connectivity index (χ1n) is 23.4. The Hall–Kier alpha value is -6.29. The molecule has 24 nitrogen and oxygen atoms in total. The molecule has 0 aromatic heterocycles. The molecule has 0 fully saturated rings. The molecule has 0 bridgehead atoms. The van der Waals surface area contributed by atoms with Gasteiger partial charge in [0.15, 0.2) is 5.71 Å². The molecule has 0 unspecified atom stereocenters. The lowest BCUT2D eigenvalue weighted by Crippen LogP contribution is -2.28. The van der Waals surface area contributed by atoms with E-state index < -0.39 is 115 Å². The minimum atomic E-state index is -5.25. The van der Waals surface area contributed by atoms with Crippen molar-refractivity contribution in [1.29, 1.82) is 0 Å². The summed E-state index contributed by atoms with van der Waals surface area (Å²) in [6.45, 7) is 6.24. The Bertz CT molecular complexity index is 4260. The average Bonchev–Trinajstić information content (AvgIpc) is 3.98. The third-order valence-corrected chi connectivity index (χ3v) is 18.5. The largest absolute Gasteiger partial charge is 0.478 e. The second-order valence-corrected chi connectivity index (χ2v) is 28.4. The SMILES string of the molecule is CC1(C)C(/C=C/C(=C/C=C2/N(CCCS(=O)(=O)O)c3ccc4cc(S(=O)(=O)O)cc(S(=O)(=O)O)c4c3C2(C)C)CCC(=O)Nc2ccc(C(=O)O)cc2)=[N+](CCCS(=O)(=O)O)c2ccc3cc(S(=O)(=O)O)cc(S(=O)(=O)O)c3c21. The van der Waals surface area contributed by atoms with Gasteiger partial charge in [-0.05, 0) is 115 Å². The van der Waals surface area contributed by atoms with Gasteiger partial charge in [0.2, 0.25) is 11.6 Å². The lowest BCUT2D eigenvalue weighted by molar-refractivity contribution is -0.437. The fraction of sp³-hybridized carbons (Fsp3) is 0.286. The van der Waals surface area contributed by atoms with Crippen LogP contribution in [-0.2, 0) is 76.3 Å². The molecule has 7 rings (SSSR count). The standard InChI is InChI=1S/C49H51N3O21S6/c1-48(2)40(51(21-5-23-74(56,57)58)36-16-12-31-25-34(76(62,63)64)27-38(78(68,69)70)43(31)45(36)48)18-7-29(9-20-42(53)50-33-14-10-30(11-15-33)47(54)55)8-19-41-49(3,4)46-37(52(41)22-6-24-75(59,60)61)17-13-32-26-35(77(65,66)67)28-39(44(32)46)79(71,72)73/h7-8,10-19,25-28H,5-6,9,20-24H2,1-4H3,(H7-,50,53,54,55,56,57,58,59,60,61,62,63,64,65,66,67,68,69,70,71,72,73)/p+1. The van der Waals surface area contributed by atoms with E-state index in [9.17, 15) is 92.5 Å². The molecule has 8 N–H and O–H groups in total. The number of rotatable bonds is 20. The fourth-order valence-corrected chi connectivity index (χ4v) is 13.8. The first-order valence-corrected chi connectivity index (χ1v) is 32.4. The van der Waals surface area contributed by atoms with Gasteiger partial charge in [-0.25, -0.2) is 4.79 Å². The lowest BCUT2D eigenvalue weighted by Gasteiger charge is -2.27. The van der Waals surface area contributed by atoms with Crippen LogP contribution in [0.1, 0.15) is 74.9 Å². The molecule has 0 saturated heterocycles. The van der Waals surface area contributed by atoms with Crippen LogP contribution in [0.25, 0.3) is 21.5 Å². The van der Waals surface area contributed by atoms with Gasteiger partial charge in [0.25, 0.3) is 60.7 Å². The third-order valence-electron chi connectivity index (χ3n) is 13.4. The highest BCUT2D eigenvalue weighted by Crippen LogP contribution is 2.53. The number of aromatic carboxylic acids is 1. The first kappa shape index (κ1) is 60.4. The van der Waals surface area contributed by atoms with Crippen molar-refractivity contribution in [2.75, 3.05) is 34.8 Å². The summed E-state index contributed by atoms with van der Waals surface area (Å²) in [6, 6.07) is 14.0. The molecule has 2 aliphatic heterocycles. The maximum atomic E-state index is 13.6. The Morgan fingerprint density at radius 3 is 1.65 bits per heavy atom. The van der Waals surface area contributed by atoms with E-state index >= 15 is 0 Å². The van der Waals surface area contributed by atoms with Crippen molar-refractivity contribution in [3.8, 4) is 0 Å². The van der Waals surface area contributed by atoms with E-state index in [0.29, 0.717) is 29.1 Å². The minimum Gasteiger partial charge on any atom is -0.478 e. The van der Waals surface area contributed by atoms with Gasteiger partial charge in [-0.15, -0.1) is 0 Å². The van der Waals surface area contributed by atoms with Crippen molar-refractivity contribution in [1.82, 2.24) is 0 Å². The second kappa shape index (κ2) is 21.3. The van der Waals surface area contributed by atoms with E-state index in [1.807, 2.05) is 0 Å². The predicted octanol–water partition coefficient (Wildman–Crippen LogP) is 6.19.